The van der Waals surface area contributed by atoms with Crippen LogP contribution in [0.5, 0.6) is 5.75 Å². The molecular formula is C12H9F3N2O. The fraction of sp³-hybridized carbons (Fsp3) is 0.167. The van der Waals surface area contributed by atoms with Gasteiger partial charge in [0.15, 0.2) is 0 Å². The van der Waals surface area contributed by atoms with Gasteiger partial charge in [0.05, 0.1) is 24.6 Å². The van der Waals surface area contributed by atoms with E-state index in [1.807, 2.05) is 0 Å². The molecule has 3 nitrogen and oxygen atoms in total. The summed E-state index contributed by atoms with van der Waals surface area (Å²) in [5.41, 5.74) is -0.633. The quantitative estimate of drug-likeness (QED) is 0.825. The fourth-order valence-electron chi connectivity index (χ4n) is 1.55. The highest BCUT2D eigenvalue weighted by Crippen LogP contribution is 2.38. The standard InChI is InChI=1S/C12H9F3N2O/c1-18-8-2-3-9(10(6-8)12(13,14)15)11-7-16-4-5-17-11/h2-7H,1H3. The first-order valence-electron chi connectivity index (χ1n) is 5.04. The minimum Gasteiger partial charge on any atom is -0.497 e. The lowest BCUT2D eigenvalue weighted by Gasteiger charge is -2.13. The third-order valence-electron chi connectivity index (χ3n) is 2.37. The average Bonchev–Trinajstić information content (AvgIpc) is 2.38. The van der Waals surface area contributed by atoms with Crippen molar-refractivity contribution in [2.45, 2.75) is 6.18 Å². The lowest BCUT2D eigenvalue weighted by Crippen LogP contribution is -2.08. The summed E-state index contributed by atoms with van der Waals surface area (Å²) < 4.78 is 43.6. The van der Waals surface area contributed by atoms with Crippen LogP contribution in [0.15, 0.2) is 36.8 Å². The van der Waals surface area contributed by atoms with Crippen molar-refractivity contribution in [1.82, 2.24) is 9.97 Å². The zero-order valence-electron chi connectivity index (χ0n) is 9.40. The highest BCUT2D eigenvalue weighted by Gasteiger charge is 2.34. The normalized spacial score (nSPS) is 11.3. The van der Waals surface area contributed by atoms with Crippen molar-refractivity contribution in [3.63, 3.8) is 0 Å². The van der Waals surface area contributed by atoms with Crippen LogP contribution in [0.1, 0.15) is 5.56 Å². The van der Waals surface area contributed by atoms with Crippen LogP contribution in [-0.4, -0.2) is 17.1 Å². The molecule has 2 aromatic rings. The maximum atomic E-state index is 12.9. The summed E-state index contributed by atoms with van der Waals surface area (Å²) in [6.07, 6.45) is -0.432. The van der Waals surface area contributed by atoms with E-state index < -0.39 is 11.7 Å². The Morgan fingerprint density at radius 1 is 1.17 bits per heavy atom. The molecule has 94 valence electrons. The summed E-state index contributed by atoms with van der Waals surface area (Å²) >= 11 is 0. The van der Waals surface area contributed by atoms with Gasteiger partial charge < -0.3 is 4.74 Å². The molecule has 0 saturated heterocycles. The lowest BCUT2D eigenvalue weighted by molar-refractivity contribution is -0.137. The molecule has 0 spiro atoms. The number of nitrogens with zero attached hydrogens (tertiary/aromatic N) is 2. The first kappa shape index (κ1) is 12.3. The van der Waals surface area contributed by atoms with E-state index >= 15 is 0 Å². The minimum absolute atomic E-state index is 0.0172. The highest BCUT2D eigenvalue weighted by molar-refractivity contribution is 5.65. The molecule has 6 heteroatoms. The van der Waals surface area contributed by atoms with Gasteiger partial charge in [-0.2, -0.15) is 13.2 Å². The van der Waals surface area contributed by atoms with Crippen molar-refractivity contribution in [3.8, 4) is 17.0 Å². The van der Waals surface area contributed by atoms with Crippen molar-refractivity contribution < 1.29 is 17.9 Å². The molecule has 0 atom stereocenters. The summed E-state index contributed by atoms with van der Waals surface area (Å²) in [5.74, 6) is 0.148. The number of halogens is 3. The predicted octanol–water partition coefficient (Wildman–Crippen LogP) is 3.17. The zero-order chi connectivity index (χ0) is 13.2. The van der Waals surface area contributed by atoms with Gasteiger partial charge in [0.1, 0.15) is 5.75 Å². The smallest absolute Gasteiger partial charge is 0.417 e. The molecule has 1 heterocycles. The van der Waals surface area contributed by atoms with Gasteiger partial charge >= 0.3 is 6.18 Å². The maximum Gasteiger partial charge on any atom is 0.417 e. The molecule has 1 aromatic carbocycles. The molecule has 0 fully saturated rings. The number of rotatable bonds is 2. The molecule has 18 heavy (non-hydrogen) atoms. The second-order valence-corrected chi connectivity index (χ2v) is 3.50. The number of methoxy groups -OCH3 is 1. The molecule has 0 N–H and O–H groups in total. The van der Waals surface area contributed by atoms with E-state index in [1.54, 1.807) is 0 Å². The van der Waals surface area contributed by atoms with Crippen molar-refractivity contribution in [2.75, 3.05) is 7.11 Å². The molecule has 2 rings (SSSR count). The number of hydrogen-bond acceptors (Lipinski definition) is 3. The number of aromatic nitrogens is 2. The monoisotopic (exact) mass is 254 g/mol. The molecule has 0 bridgehead atoms. The summed E-state index contributed by atoms with van der Waals surface area (Å²) in [5, 5.41) is 0. The third-order valence-corrected chi connectivity index (χ3v) is 2.37. The predicted molar refractivity (Wildman–Crippen MR) is 59.0 cm³/mol. The highest BCUT2D eigenvalue weighted by atomic mass is 19.4. The van der Waals surface area contributed by atoms with Crippen molar-refractivity contribution in [3.05, 3.63) is 42.4 Å². The average molecular weight is 254 g/mol. The van der Waals surface area contributed by atoms with Crippen LogP contribution in [0, 0.1) is 0 Å². The van der Waals surface area contributed by atoms with E-state index in [-0.39, 0.29) is 17.0 Å². The van der Waals surface area contributed by atoms with E-state index in [2.05, 4.69) is 9.97 Å². The van der Waals surface area contributed by atoms with Crippen molar-refractivity contribution in [2.24, 2.45) is 0 Å². The molecule has 0 unspecified atom stereocenters. The topological polar surface area (TPSA) is 35.0 Å². The second-order valence-electron chi connectivity index (χ2n) is 3.50. The van der Waals surface area contributed by atoms with Gasteiger partial charge in [-0.1, -0.05) is 0 Å². The summed E-state index contributed by atoms with van der Waals surface area (Å²) in [6.45, 7) is 0. The fourth-order valence-corrected chi connectivity index (χ4v) is 1.55. The van der Waals surface area contributed by atoms with Gasteiger partial charge in [-0.25, -0.2) is 0 Å². The van der Waals surface area contributed by atoms with Crippen LogP contribution in [0.4, 0.5) is 13.2 Å². The van der Waals surface area contributed by atoms with E-state index in [4.69, 9.17) is 4.74 Å². The summed E-state index contributed by atoms with van der Waals surface area (Å²) in [4.78, 5) is 7.64. The van der Waals surface area contributed by atoms with E-state index in [9.17, 15) is 13.2 Å². The van der Waals surface area contributed by atoms with E-state index in [0.29, 0.717) is 0 Å². The van der Waals surface area contributed by atoms with Crippen molar-refractivity contribution >= 4 is 0 Å². The number of ether oxygens (including phenoxy) is 1. The number of benzene rings is 1. The first-order chi connectivity index (χ1) is 8.52. The molecule has 0 aliphatic heterocycles. The maximum absolute atomic E-state index is 12.9. The number of hydrogen-bond donors (Lipinski definition) is 0. The Morgan fingerprint density at radius 3 is 2.50 bits per heavy atom. The second kappa shape index (κ2) is 4.64. The van der Waals surface area contributed by atoms with Gasteiger partial charge in [0.25, 0.3) is 0 Å². The van der Waals surface area contributed by atoms with Crippen LogP contribution >= 0.6 is 0 Å². The molecule has 0 amide bonds. The molecule has 0 aliphatic carbocycles. The van der Waals surface area contributed by atoms with Crippen LogP contribution in [-0.2, 0) is 6.18 Å². The molecule has 1 aromatic heterocycles. The van der Waals surface area contributed by atoms with Gasteiger partial charge in [0.2, 0.25) is 0 Å². The Hall–Kier alpha value is -2.11. The lowest BCUT2D eigenvalue weighted by atomic mass is 10.0. The molecule has 0 saturated carbocycles. The minimum atomic E-state index is -4.47. The van der Waals surface area contributed by atoms with Crippen molar-refractivity contribution in [1.29, 1.82) is 0 Å². The van der Waals surface area contributed by atoms with Gasteiger partial charge in [0, 0.05) is 18.0 Å². The van der Waals surface area contributed by atoms with E-state index in [0.717, 1.165) is 6.07 Å². The van der Waals surface area contributed by atoms with Gasteiger partial charge in [-0.15, -0.1) is 0 Å². The zero-order valence-corrected chi connectivity index (χ0v) is 9.40. The van der Waals surface area contributed by atoms with Crippen LogP contribution in [0.25, 0.3) is 11.3 Å². The third kappa shape index (κ3) is 2.42. The largest absolute Gasteiger partial charge is 0.497 e. The summed E-state index contributed by atoms with van der Waals surface area (Å²) in [7, 11) is 1.32. The van der Waals surface area contributed by atoms with Crippen LogP contribution in [0.2, 0.25) is 0 Å². The molecule has 0 aliphatic rings. The Morgan fingerprint density at radius 2 is 1.94 bits per heavy atom. The Bertz CT molecular complexity index is 541. The van der Waals surface area contributed by atoms with Crippen LogP contribution < -0.4 is 4.74 Å². The number of alkyl halides is 3. The van der Waals surface area contributed by atoms with E-state index in [1.165, 1.54) is 37.8 Å². The first-order valence-corrected chi connectivity index (χ1v) is 5.04. The Kier molecular flexibility index (Phi) is 3.18. The SMILES string of the molecule is COc1ccc(-c2cnccn2)c(C(F)(F)F)c1. The molecule has 0 radical (unpaired) electrons. The van der Waals surface area contributed by atoms with Gasteiger partial charge in [-0.3, -0.25) is 9.97 Å². The molecular weight excluding hydrogens is 245 g/mol. The Balaban J connectivity index is 2.61. The van der Waals surface area contributed by atoms with Crippen LogP contribution in [0.3, 0.4) is 0 Å². The van der Waals surface area contributed by atoms with Gasteiger partial charge in [-0.05, 0) is 18.2 Å². The Labute approximate surface area is 101 Å². The summed E-state index contributed by atoms with van der Waals surface area (Å²) in [6, 6.07) is 3.73.